The van der Waals surface area contributed by atoms with Crippen molar-refractivity contribution in [3.63, 3.8) is 0 Å². The second-order valence-electron chi connectivity index (χ2n) is 14.6. The Morgan fingerprint density at radius 3 is 2.56 bits per heavy atom. The van der Waals surface area contributed by atoms with Crippen molar-refractivity contribution < 1.29 is 13.2 Å². The van der Waals surface area contributed by atoms with E-state index in [9.17, 15) is 18.4 Å². The van der Waals surface area contributed by atoms with E-state index in [2.05, 4.69) is 50.5 Å². The number of nitriles is 1. The third kappa shape index (κ3) is 4.91. The van der Waals surface area contributed by atoms with Gasteiger partial charge in [-0.3, -0.25) is 4.90 Å². The number of nitrogens with zero attached hydrogens (tertiary/aromatic N) is 6. The average Bonchev–Trinajstić information content (AvgIpc) is 3.73. The number of aryl methyl sites for hydroxylation is 2. The highest BCUT2D eigenvalue weighted by molar-refractivity contribution is 7.18. The van der Waals surface area contributed by atoms with Gasteiger partial charge in [0.15, 0.2) is 0 Å². The number of thiophene rings is 1. The quantitative estimate of drug-likeness (QED) is 0.251. The third-order valence-corrected chi connectivity index (χ3v) is 12.1. The Bertz CT molecular complexity index is 1860. The summed E-state index contributed by atoms with van der Waals surface area (Å²) in [5.74, 6) is 1.47. The maximum absolute atomic E-state index is 13.2. The van der Waals surface area contributed by atoms with Gasteiger partial charge in [0.05, 0.1) is 11.8 Å². The zero-order valence-corrected chi connectivity index (χ0v) is 26.6. The Morgan fingerprint density at radius 1 is 1.07 bits per heavy atom. The van der Waals surface area contributed by atoms with Gasteiger partial charge in [-0.25, -0.2) is 9.97 Å². The van der Waals surface area contributed by atoms with E-state index in [-0.39, 0.29) is 21.2 Å². The van der Waals surface area contributed by atoms with Gasteiger partial charge in [0.1, 0.15) is 28.2 Å². The zero-order valence-electron chi connectivity index (χ0n) is 25.8. The molecule has 2 aliphatic heterocycles. The molecular weight excluding hydrogens is 595 g/mol. The number of hydrogen-bond acceptors (Lipinski definition) is 7. The van der Waals surface area contributed by atoms with Crippen LogP contribution in [-0.2, 0) is 25.9 Å². The first kappa shape index (κ1) is 29.2. The van der Waals surface area contributed by atoms with Crippen LogP contribution in [0.4, 0.5) is 19.0 Å². The number of aromatic nitrogens is 3. The minimum Gasteiger partial charge on any atom is -0.355 e. The largest absolute Gasteiger partial charge is 0.393 e. The molecule has 1 unspecified atom stereocenters. The highest BCUT2D eigenvalue weighted by atomic mass is 32.1. The van der Waals surface area contributed by atoms with Gasteiger partial charge >= 0.3 is 6.18 Å². The summed E-state index contributed by atoms with van der Waals surface area (Å²) in [5.41, 5.74) is 11.2. The Kier molecular flexibility index (Phi) is 6.43. The fraction of sp³-hybridized carbons (Fsp3) is 0.559. The second-order valence-corrected chi connectivity index (χ2v) is 15.7. The second kappa shape index (κ2) is 9.90. The molecule has 3 aromatic heterocycles. The summed E-state index contributed by atoms with van der Waals surface area (Å²) < 4.78 is 41.7. The number of fused-ring (bicyclic) bond motifs is 2. The van der Waals surface area contributed by atoms with Gasteiger partial charge in [-0.1, -0.05) is 13.0 Å². The molecule has 1 spiro atoms. The first-order valence-electron chi connectivity index (χ1n) is 16.0. The highest BCUT2D eigenvalue weighted by Gasteiger charge is 2.65. The topological polar surface area (TPSA) is 87.0 Å². The molecule has 1 atom stereocenters. The summed E-state index contributed by atoms with van der Waals surface area (Å²) >= 11 is 1.14. The van der Waals surface area contributed by atoms with Crippen molar-refractivity contribution in [2.45, 2.75) is 83.6 Å². The number of halogens is 3. The SMILES string of the molecule is CCc1nc(N2CCC3(CCN(Cc4ccc5c(cc(C#N)n5CC56CC(N)(C5)C6)c4C)C3)C2)c2cc(CC(F)(F)F)sc2n1. The van der Waals surface area contributed by atoms with Crippen LogP contribution in [0.2, 0.25) is 0 Å². The van der Waals surface area contributed by atoms with Crippen molar-refractivity contribution in [2.75, 3.05) is 31.1 Å². The molecule has 45 heavy (non-hydrogen) atoms. The summed E-state index contributed by atoms with van der Waals surface area (Å²) in [6, 6.07) is 10.6. The van der Waals surface area contributed by atoms with E-state index in [1.54, 1.807) is 6.07 Å². The number of alkyl halides is 3. The van der Waals surface area contributed by atoms with E-state index in [1.807, 2.05) is 6.92 Å². The molecule has 236 valence electrons. The van der Waals surface area contributed by atoms with Gasteiger partial charge in [-0.2, -0.15) is 18.4 Å². The lowest BCUT2D eigenvalue weighted by Gasteiger charge is -2.69. The molecule has 5 fully saturated rings. The van der Waals surface area contributed by atoms with Crippen molar-refractivity contribution in [2.24, 2.45) is 16.6 Å². The molecule has 5 heterocycles. The standard InChI is InChI=1S/C34H38F3N7S/c1-3-28-40-29(26-11-24(12-34(35,36)37)45-30(26)41-28)43-9-7-31(19-43)6-8-42(18-31)14-22-4-5-27-25(21(22)2)10-23(13-38)44(27)20-32-15-33(39,16-32)17-32/h4-5,10-11H,3,6-9,12,14-20,39H2,1-2H3. The van der Waals surface area contributed by atoms with Crippen molar-refractivity contribution in [1.82, 2.24) is 19.4 Å². The number of anilines is 1. The predicted octanol–water partition coefficient (Wildman–Crippen LogP) is 6.48. The van der Waals surface area contributed by atoms with E-state index >= 15 is 0 Å². The molecule has 0 radical (unpaired) electrons. The zero-order chi connectivity index (χ0) is 31.4. The fourth-order valence-electron chi connectivity index (χ4n) is 9.08. The van der Waals surface area contributed by atoms with Crippen LogP contribution in [0.15, 0.2) is 24.3 Å². The van der Waals surface area contributed by atoms with Gasteiger partial charge in [-0.05, 0) is 80.3 Å². The molecule has 4 aromatic rings. The van der Waals surface area contributed by atoms with Crippen molar-refractivity contribution >= 4 is 38.3 Å². The van der Waals surface area contributed by atoms with Crippen LogP contribution in [0.25, 0.3) is 21.1 Å². The minimum absolute atomic E-state index is 0.0474. The van der Waals surface area contributed by atoms with E-state index in [0.717, 1.165) is 105 Å². The number of likely N-dealkylation sites (tertiary alicyclic amines) is 1. The molecule has 7 nitrogen and oxygen atoms in total. The molecule has 0 amide bonds. The Labute approximate surface area is 264 Å². The van der Waals surface area contributed by atoms with E-state index < -0.39 is 12.6 Å². The van der Waals surface area contributed by atoms with Crippen LogP contribution >= 0.6 is 11.3 Å². The van der Waals surface area contributed by atoms with Crippen molar-refractivity contribution in [3.05, 3.63) is 51.8 Å². The smallest absolute Gasteiger partial charge is 0.355 e. The number of hydrogen-bond donors (Lipinski definition) is 1. The third-order valence-electron chi connectivity index (χ3n) is 11.1. The van der Waals surface area contributed by atoms with Crippen LogP contribution in [0.1, 0.15) is 66.6 Å². The van der Waals surface area contributed by atoms with Crippen LogP contribution < -0.4 is 10.6 Å². The molecule has 1 aromatic carbocycles. The molecular formula is C34H38F3N7S. The maximum atomic E-state index is 13.2. The minimum atomic E-state index is -4.25. The van der Waals surface area contributed by atoms with Gasteiger partial charge in [-0.15, -0.1) is 11.3 Å². The van der Waals surface area contributed by atoms with E-state index in [0.29, 0.717) is 17.1 Å². The Hall–Kier alpha value is -3.20. The van der Waals surface area contributed by atoms with Gasteiger partial charge in [0.25, 0.3) is 0 Å². The maximum Gasteiger partial charge on any atom is 0.393 e. The summed E-state index contributed by atoms with van der Waals surface area (Å²) in [7, 11) is 0. The summed E-state index contributed by atoms with van der Waals surface area (Å²) in [6.07, 6.45) is 0.758. The molecule has 11 heteroatoms. The lowest BCUT2D eigenvalue weighted by atomic mass is 9.40. The molecule has 3 saturated carbocycles. The van der Waals surface area contributed by atoms with Gasteiger partial charge < -0.3 is 15.2 Å². The van der Waals surface area contributed by atoms with Crippen molar-refractivity contribution in [3.8, 4) is 6.07 Å². The van der Waals surface area contributed by atoms with E-state index in [1.165, 1.54) is 16.5 Å². The number of benzene rings is 1. The highest BCUT2D eigenvalue weighted by Crippen LogP contribution is 2.66. The molecule has 3 aliphatic carbocycles. The molecule has 2 saturated heterocycles. The van der Waals surface area contributed by atoms with Crippen molar-refractivity contribution in [1.29, 1.82) is 5.26 Å². The van der Waals surface area contributed by atoms with Crippen LogP contribution in [0, 0.1) is 29.1 Å². The lowest BCUT2D eigenvalue weighted by molar-refractivity contribution is -0.141. The van der Waals surface area contributed by atoms with Gasteiger partial charge in [0, 0.05) is 65.9 Å². The number of rotatable bonds is 7. The monoisotopic (exact) mass is 633 g/mol. The molecule has 9 rings (SSSR count). The first-order chi connectivity index (χ1) is 21.4. The molecule has 2 N–H and O–H groups in total. The Balaban J connectivity index is 0.994. The summed E-state index contributed by atoms with van der Waals surface area (Å²) in [4.78, 5) is 15.2. The normalized spacial score (nSPS) is 27.9. The summed E-state index contributed by atoms with van der Waals surface area (Å²) in [6.45, 7) is 9.57. The number of nitrogens with two attached hydrogens (primary N) is 1. The van der Waals surface area contributed by atoms with Crippen LogP contribution in [0.3, 0.4) is 0 Å². The fourth-order valence-corrected chi connectivity index (χ4v) is 10.2. The lowest BCUT2D eigenvalue weighted by Crippen LogP contribution is -2.73. The first-order valence-corrected chi connectivity index (χ1v) is 16.8. The van der Waals surface area contributed by atoms with Crippen LogP contribution in [-0.4, -0.2) is 57.3 Å². The molecule has 2 bridgehead atoms. The summed E-state index contributed by atoms with van der Waals surface area (Å²) in [5, 5.41) is 11.9. The van der Waals surface area contributed by atoms with Gasteiger partial charge in [0.2, 0.25) is 0 Å². The predicted molar refractivity (Wildman–Crippen MR) is 170 cm³/mol. The van der Waals surface area contributed by atoms with Crippen LogP contribution in [0.5, 0.6) is 0 Å². The van der Waals surface area contributed by atoms with E-state index in [4.69, 9.17) is 10.7 Å². The Morgan fingerprint density at radius 2 is 1.84 bits per heavy atom. The molecule has 5 aliphatic rings. The average molecular weight is 634 g/mol.